The summed E-state index contributed by atoms with van der Waals surface area (Å²) in [6.07, 6.45) is 2.41. The van der Waals surface area contributed by atoms with Crippen LogP contribution in [0.5, 0.6) is 5.75 Å². The summed E-state index contributed by atoms with van der Waals surface area (Å²) in [5.74, 6) is -0.0670. The summed E-state index contributed by atoms with van der Waals surface area (Å²) in [6.45, 7) is 5.84. The van der Waals surface area contributed by atoms with Crippen molar-refractivity contribution in [2.45, 2.75) is 58.0 Å². The van der Waals surface area contributed by atoms with Gasteiger partial charge in [0, 0.05) is 24.5 Å². The summed E-state index contributed by atoms with van der Waals surface area (Å²) in [5.41, 5.74) is 0.200. The summed E-state index contributed by atoms with van der Waals surface area (Å²) in [7, 11) is 0. The number of carbonyl (C=O) groups excluding carboxylic acids is 1. The zero-order valence-corrected chi connectivity index (χ0v) is 14.1. The number of aromatic hydroxyl groups is 1. The average molecular weight is 318 g/mol. The molecule has 0 aliphatic heterocycles. The number of phenols is 1. The maximum absolute atomic E-state index is 12.7. The van der Waals surface area contributed by atoms with Crippen LogP contribution in [-0.2, 0) is 5.60 Å². The first kappa shape index (κ1) is 16.5. The van der Waals surface area contributed by atoms with E-state index in [0.29, 0.717) is 17.5 Å². The number of rotatable bonds is 2. The molecular weight excluding hydrogens is 292 g/mol. The molecule has 2 aliphatic carbocycles. The molecule has 1 fully saturated rings. The molecule has 0 spiro atoms. The fraction of sp³-hybridized carbons (Fsp3) is 0.632. The topological polar surface area (TPSA) is 77.8 Å². The van der Waals surface area contributed by atoms with Gasteiger partial charge >= 0.3 is 0 Å². The van der Waals surface area contributed by atoms with Crippen LogP contribution in [0.2, 0.25) is 0 Å². The van der Waals surface area contributed by atoms with Gasteiger partial charge in [0.05, 0.1) is 5.60 Å². The van der Waals surface area contributed by atoms with Gasteiger partial charge in [-0.15, -0.1) is 0 Å². The molecule has 0 saturated heterocycles. The first-order chi connectivity index (χ1) is 10.7. The van der Waals surface area contributed by atoms with Crippen LogP contribution in [0.3, 0.4) is 0 Å². The summed E-state index contributed by atoms with van der Waals surface area (Å²) < 4.78 is 0. The van der Waals surface area contributed by atoms with Crippen LogP contribution in [0.1, 0.15) is 73.9 Å². The minimum absolute atomic E-state index is 0.00171. The lowest BCUT2D eigenvalue weighted by Gasteiger charge is -2.53. The van der Waals surface area contributed by atoms with Crippen molar-refractivity contribution in [2.24, 2.45) is 11.3 Å². The SMILES string of the molecule is CC(C)c1cc2c(cc1O)C1(O)CCCC(C)(CO)C1CC2=O. The van der Waals surface area contributed by atoms with E-state index >= 15 is 0 Å². The highest BCUT2D eigenvalue weighted by molar-refractivity contribution is 6.00. The molecule has 3 unspecified atom stereocenters. The van der Waals surface area contributed by atoms with Crippen LogP contribution < -0.4 is 0 Å². The maximum Gasteiger partial charge on any atom is 0.163 e. The predicted octanol–water partition coefficient (Wildman–Crippen LogP) is 3.09. The Morgan fingerprint density at radius 1 is 1.30 bits per heavy atom. The van der Waals surface area contributed by atoms with Crippen LogP contribution in [0.15, 0.2) is 12.1 Å². The number of benzene rings is 1. The van der Waals surface area contributed by atoms with Gasteiger partial charge in [0.2, 0.25) is 0 Å². The molecule has 23 heavy (non-hydrogen) atoms. The summed E-state index contributed by atoms with van der Waals surface area (Å²) in [5, 5.41) is 31.6. The normalized spacial score (nSPS) is 33.5. The zero-order chi connectivity index (χ0) is 17.0. The lowest BCUT2D eigenvalue weighted by atomic mass is 9.54. The Labute approximate surface area is 137 Å². The molecule has 4 nitrogen and oxygen atoms in total. The van der Waals surface area contributed by atoms with Crippen molar-refractivity contribution < 1.29 is 20.1 Å². The Balaban J connectivity index is 2.19. The number of aliphatic hydroxyl groups excluding tert-OH is 1. The summed E-state index contributed by atoms with van der Waals surface area (Å²) >= 11 is 0. The van der Waals surface area contributed by atoms with Crippen LogP contribution in [0, 0.1) is 11.3 Å². The van der Waals surface area contributed by atoms with E-state index in [-0.39, 0.29) is 36.4 Å². The van der Waals surface area contributed by atoms with E-state index in [2.05, 4.69) is 0 Å². The van der Waals surface area contributed by atoms with E-state index in [0.717, 1.165) is 18.4 Å². The monoisotopic (exact) mass is 318 g/mol. The largest absolute Gasteiger partial charge is 0.508 e. The predicted molar refractivity (Wildman–Crippen MR) is 87.6 cm³/mol. The fourth-order valence-corrected chi connectivity index (χ4v) is 4.57. The molecular formula is C19H26O4. The minimum Gasteiger partial charge on any atom is -0.508 e. The third kappa shape index (κ3) is 2.31. The Morgan fingerprint density at radius 3 is 2.61 bits per heavy atom. The number of phenolic OH excluding ortho intramolecular Hbond substituents is 1. The molecule has 1 aromatic carbocycles. The standard InChI is InChI=1S/C19H26O4/c1-11(2)12-7-13-14(8-15(12)21)19(23)6-4-5-18(3,10-20)17(19)9-16(13)22/h7-8,11,17,20-21,23H,4-6,9-10H2,1-3H3. The Hall–Kier alpha value is -1.39. The lowest BCUT2D eigenvalue weighted by Crippen LogP contribution is -2.53. The molecule has 3 N–H and O–H groups in total. The van der Waals surface area contributed by atoms with Gasteiger partial charge in [0.1, 0.15) is 5.75 Å². The number of Topliss-reactive ketones (excluding diaryl/α,β-unsaturated/α-hetero) is 1. The van der Waals surface area contributed by atoms with E-state index < -0.39 is 11.0 Å². The van der Waals surface area contributed by atoms with Crippen molar-refractivity contribution in [1.82, 2.24) is 0 Å². The van der Waals surface area contributed by atoms with E-state index in [1.807, 2.05) is 20.8 Å². The van der Waals surface area contributed by atoms with Gasteiger partial charge in [-0.3, -0.25) is 4.79 Å². The quantitative estimate of drug-likeness (QED) is 0.783. The van der Waals surface area contributed by atoms with Crippen molar-refractivity contribution in [2.75, 3.05) is 6.61 Å². The average Bonchev–Trinajstić information content (AvgIpc) is 2.49. The fourth-order valence-electron chi connectivity index (χ4n) is 4.57. The number of carbonyl (C=O) groups is 1. The number of fused-ring (bicyclic) bond motifs is 3. The second kappa shape index (κ2) is 5.32. The molecule has 2 aliphatic rings. The highest BCUT2D eigenvalue weighted by Gasteiger charge is 2.55. The molecule has 0 heterocycles. The second-order valence-corrected chi connectivity index (χ2v) is 7.88. The molecule has 3 rings (SSSR count). The smallest absolute Gasteiger partial charge is 0.163 e. The van der Waals surface area contributed by atoms with E-state index in [1.165, 1.54) is 0 Å². The van der Waals surface area contributed by atoms with Crippen molar-refractivity contribution >= 4 is 5.78 Å². The van der Waals surface area contributed by atoms with Crippen molar-refractivity contribution in [3.05, 3.63) is 28.8 Å². The van der Waals surface area contributed by atoms with Gasteiger partial charge in [-0.05, 0) is 53.9 Å². The van der Waals surface area contributed by atoms with E-state index in [1.54, 1.807) is 12.1 Å². The third-order valence-corrected chi connectivity index (χ3v) is 6.03. The van der Waals surface area contributed by atoms with Gasteiger partial charge < -0.3 is 15.3 Å². The summed E-state index contributed by atoms with van der Waals surface area (Å²) in [4.78, 5) is 12.7. The van der Waals surface area contributed by atoms with Gasteiger partial charge in [0.25, 0.3) is 0 Å². The Bertz CT molecular complexity index is 651. The van der Waals surface area contributed by atoms with Gasteiger partial charge in [0.15, 0.2) is 5.78 Å². The van der Waals surface area contributed by atoms with Crippen LogP contribution in [0.4, 0.5) is 0 Å². The van der Waals surface area contributed by atoms with Crippen LogP contribution >= 0.6 is 0 Å². The second-order valence-electron chi connectivity index (χ2n) is 7.88. The van der Waals surface area contributed by atoms with Gasteiger partial charge in [-0.25, -0.2) is 0 Å². The van der Waals surface area contributed by atoms with Crippen molar-refractivity contribution in [1.29, 1.82) is 0 Å². The Kier molecular flexibility index (Phi) is 3.81. The molecule has 0 bridgehead atoms. The molecule has 4 heteroatoms. The molecule has 126 valence electrons. The Morgan fingerprint density at radius 2 is 2.00 bits per heavy atom. The molecule has 1 aromatic rings. The lowest BCUT2D eigenvalue weighted by molar-refractivity contribution is -0.131. The third-order valence-electron chi connectivity index (χ3n) is 6.03. The highest BCUT2D eigenvalue weighted by Crippen LogP contribution is 2.56. The van der Waals surface area contributed by atoms with Crippen LogP contribution in [-0.4, -0.2) is 27.7 Å². The van der Waals surface area contributed by atoms with E-state index in [4.69, 9.17) is 0 Å². The highest BCUT2D eigenvalue weighted by atomic mass is 16.3. The molecule has 1 saturated carbocycles. The molecule has 3 atom stereocenters. The van der Waals surface area contributed by atoms with Gasteiger partial charge in [-0.1, -0.05) is 20.8 Å². The zero-order valence-electron chi connectivity index (χ0n) is 14.1. The maximum atomic E-state index is 12.7. The first-order valence-electron chi connectivity index (χ1n) is 8.47. The van der Waals surface area contributed by atoms with Gasteiger partial charge in [-0.2, -0.15) is 0 Å². The number of hydrogen-bond donors (Lipinski definition) is 3. The molecule has 0 amide bonds. The number of aliphatic hydroxyl groups is 2. The van der Waals surface area contributed by atoms with Crippen LogP contribution in [0.25, 0.3) is 0 Å². The minimum atomic E-state index is -1.15. The van der Waals surface area contributed by atoms with Crippen molar-refractivity contribution in [3.63, 3.8) is 0 Å². The number of ketones is 1. The van der Waals surface area contributed by atoms with Crippen molar-refractivity contribution in [3.8, 4) is 5.75 Å². The number of hydrogen-bond acceptors (Lipinski definition) is 4. The van der Waals surface area contributed by atoms with E-state index in [9.17, 15) is 20.1 Å². The first-order valence-corrected chi connectivity index (χ1v) is 8.47. The molecule has 0 radical (unpaired) electrons. The molecule has 0 aromatic heterocycles. The summed E-state index contributed by atoms with van der Waals surface area (Å²) in [6, 6.07) is 3.33.